The quantitative estimate of drug-likeness (QED) is 0.588. The Kier molecular flexibility index (Phi) is 9.01. The van der Waals surface area contributed by atoms with E-state index in [-0.39, 0.29) is 36.9 Å². The van der Waals surface area contributed by atoms with E-state index in [4.69, 9.17) is 5.73 Å². The third kappa shape index (κ3) is 7.55. The molecular formula is C17H27ClN4O2. The Bertz CT molecular complexity index is 516. The zero-order valence-electron chi connectivity index (χ0n) is 13.8. The van der Waals surface area contributed by atoms with Crippen molar-refractivity contribution in [3.05, 3.63) is 29.8 Å². The molecule has 0 aliphatic heterocycles. The summed E-state index contributed by atoms with van der Waals surface area (Å²) in [5.74, 6) is -0.181. The first-order valence-electron chi connectivity index (χ1n) is 8.29. The predicted molar refractivity (Wildman–Crippen MR) is 98.2 cm³/mol. The maximum absolute atomic E-state index is 11.7. The van der Waals surface area contributed by atoms with Crippen LogP contribution in [0.3, 0.4) is 0 Å². The van der Waals surface area contributed by atoms with Crippen LogP contribution in [0.1, 0.15) is 37.7 Å². The monoisotopic (exact) mass is 354 g/mol. The Hall–Kier alpha value is -1.95. The molecule has 7 heteroatoms. The number of nitrogen functional groups attached to an aromatic ring is 1. The number of hydrogen-bond donors (Lipinski definition) is 4. The van der Waals surface area contributed by atoms with E-state index in [9.17, 15) is 9.59 Å². The van der Waals surface area contributed by atoms with E-state index in [0.29, 0.717) is 6.54 Å². The van der Waals surface area contributed by atoms with Gasteiger partial charge in [-0.25, -0.2) is 4.79 Å². The van der Waals surface area contributed by atoms with E-state index < -0.39 is 0 Å². The summed E-state index contributed by atoms with van der Waals surface area (Å²) in [7, 11) is 0. The average molecular weight is 355 g/mol. The molecule has 1 aliphatic rings. The van der Waals surface area contributed by atoms with Crippen molar-refractivity contribution < 1.29 is 9.59 Å². The minimum atomic E-state index is -0.259. The molecule has 0 bridgehead atoms. The van der Waals surface area contributed by atoms with E-state index >= 15 is 0 Å². The van der Waals surface area contributed by atoms with Gasteiger partial charge in [0.15, 0.2) is 0 Å². The van der Waals surface area contributed by atoms with E-state index in [1.807, 2.05) is 24.3 Å². The van der Waals surface area contributed by atoms with E-state index in [2.05, 4.69) is 16.0 Å². The van der Waals surface area contributed by atoms with Crippen molar-refractivity contribution in [1.29, 1.82) is 0 Å². The Morgan fingerprint density at radius 3 is 2.38 bits per heavy atom. The zero-order valence-corrected chi connectivity index (χ0v) is 14.7. The topological polar surface area (TPSA) is 96.2 Å². The van der Waals surface area contributed by atoms with Gasteiger partial charge >= 0.3 is 6.03 Å². The number of nitrogens with one attached hydrogen (secondary N) is 3. The van der Waals surface area contributed by atoms with Gasteiger partial charge in [-0.3, -0.25) is 4.79 Å². The number of benzene rings is 1. The molecule has 24 heavy (non-hydrogen) atoms. The van der Waals surface area contributed by atoms with E-state index in [1.54, 1.807) is 0 Å². The Morgan fingerprint density at radius 1 is 1.04 bits per heavy atom. The van der Waals surface area contributed by atoms with Gasteiger partial charge < -0.3 is 21.7 Å². The van der Waals surface area contributed by atoms with E-state index in [1.165, 1.54) is 6.42 Å². The first kappa shape index (κ1) is 20.1. The molecule has 1 saturated carbocycles. The normalized spacial score (nSPS) is 14.3. The second-order valence-electron chi connectivity index (χ2n) is 6.00. The molecule has 0 spiro atoms. The van der Waals surface area contributed by atoms with Gasteiger partial charge in [-0.2, -0.15) is 0 Å². The Labute approximate surface area is 149 Å². The molecule has 6 nitrogen and oxygen atoms in total. The minimum Gasteiger partial charge on any atom is -0.399 e. The fourth-order valence-electron chi connectivity index (χ4n) is 2.74. The molecule has 0 unspecified atom stereocenters. The highest BCUT2D eigenvalue weighted by Crippen LogP contribution is 2.17. The summed E-state index contributed by atoms with van der Waals surface area (Å²) in [5, 5.41) is 8.32. The van der Waals surface area contributed by atoms with Crippen LogP contribution in [0.2, 0.25) is 0 Å². The van der Waals surface area contributed by atoms with Crippen molar-refractivity contribution in [3.8, 4) is 0 Å². The van der Waals surface area contributed by atoms with Crippen molar-refractivity contribution in [2.45, 2.75) is 44.6 Å². The van der Waals surface area contributed by atoms with Gasteiger partial charge in [0, 0.05) is 18.3 Å². The predicted octanol–water partition coefficient (Wildman–Crippen LogP) is 1.98. The van der Waals surface area contributed by atoms with Crippen LogP contribution in [0.15, 0.2) is 24.3 Å². The molecule has 3 amide bonds. The molecule has 134 valence electrons. The first-order valence-corrected chi connectivity index (χ1v) is 8.29. The fraction of sp³-hybridized carbons (Fsp3) is 0.529. The largest absolute Gasteiger partial charge is 0.399 e. The number of carbonyl (C=O) groups excluding carboxylic acids is 2. The summed E-state index contributed by atoms with van der Waals surface area (Å²) in [6, 6.07) is 7.56. The highest BCUT2D eigenvalue weighted by atomic mass is 35.5. The first-order chi connectivity index (χ1) is 11.1. The smallest absolute Gasteiger partial charge is 0.315 e. The number of amides is 3. The Morgan fingerprint density at radius 2 is 1.71 bits per heavy atom. The molecule has 1 aromatic rings. The average Bonchev–Trinajstić information content (AvgIpc) is 2.56. The van der Waals surface area contributed by atoms with Gasteiger partial charge in [0.1, 0.15) is 0 Å². The summed E-state index contributed by atoms with van der Waals surface area (Å²) in [4.78, 5) is 23.4. The molecule has 1 aliphatic carbocycles. The van der Waals surface area contributed by atoms with Gasteiger partial charge in [0.05, 0.1) is 6.54 Å². The second kappa shape index (κ2) is 10.8. The summed E-state index contributed by atoms with van der Waals surface area (Å²) in [6.45, 7) is 0.537. The minimum absolute atomic E-state index is 0. The van der Waals surface area contributed by atoms with Crippen molar-refractivity contribution in [2.24, 2.45) is 0 Å². The van der Waals surface area contributed by atoms with Crippen LogP contribution in [-0.2, 0) is 11.2 Å². The van der Waals surface area contributed by atoms with Crippen LogP contribution in [0, 0.1) is 0 Å². The summed E-state index contributed by atoms with van der Waals surface area (Å²) < 4.78 is 0. The number of anilines is 1. The van der Waals surface area contributed by atoms with Gasteiger partial charge in [0.25, 0.3) is 0 Å². The third-order valence-electron chi connectivity index (χ3n) is 4.07. The van der Waals surface area contributed by atoms with E-state index in [0.717, 1.165) is 43.4 Å². The van der Waals surface area contributed by atoms with Crippen molar-refractivity contribution in [2.75, 3.05) is 18.8 Å². The number of nitrogens with two attached hydrogens (primary N) is 1. The fourth-order valence-corrected chi connectivity index (χ4v) is 2.74. The zero-order chi connectivity index (χ0) is 16.5. The molecule has 2 rings (SSSR count). The van der Waals surface area contributed by atoms with Gasteiger partial charge in [0.2, 0.25) is 5.91 Å². The Balaban J connectivity index is 0.00000288. The number of halogens is 1. The number of carbonyl (C=O) groups is 2. The number of hydrogen-bond acceptors (Lipinski definition) is 3. The van der Waals surface area contributed by atoms with Crippen LogP contribution in [0.4, 0.5) is 10.5 Å². The van der Waals surface area contributed by atoms with Crippen LogP contribution < -0.4 is 21.7 Å². The maximum Gasteiger partial charge on any atom is 0.315 e. The summed E-state index contributed by atoms with van der Waals surface area (Å²) >= 11 is 0. The van der Waals surface area contributed by atoms with Gasteiger partial charge in [-0.15, -0.1) is 12.4 Å². The highest BCUT2D eigenvalue weighted by Gasteiger charge is 2.15. The van der Waals surface area contributed by atoms with Gasteiger partial charge in [-0.1, -0.05) is 31.4 Å². The van der Waals surface area contributed by atoms with Crippen LogP contribution >= 0.6 is 12.4 Å². The molecule has 0 aromatic heterocycles. The third-order valence-corrected chi connectivity index (χ3v) is 4.07. The standard InChI is InChI=1S/C17H26N4O2.ClH/c18-14-8-6-13(7-9-14)10-11-19-16(22)12-20-17(23)21-15-4-2-1-3-5-15;/h6-9,15H,1-5,10-12,18H2,(H,19,22)(H2,20,21,23);1H. The molecule has 0 atom stereocenters. The second-order valence-corrected chi connectivity index (χ2v) is 6.00. The van der Waals surface area contributed by atoms with Gasteiger partial charge in [-0.05, 0) is 37.0 Å². The summed E-state index contributed by atoms with van der Waals surface area (Å²) in [6.07, 6.45) is 6.37. The van der Waals surface area contributed by atoms with Crippen molar-refractivity contribution >= 4 is 30.0 Å². The lowest BCUT2D eigenvalue weighted by Crippen LogP contribution is -2.46. The summed E-state index contributed by atoms with van der Waals surface area (Å²) in [5.41, 5.74) is 7.46. The number of rotatable bonds is 6. The van der Waals surface area contributed by atoms with Crippen molar-refractivity contribution in [1.82, 2.24) is 16.0 Å². The number of urea groups is 1. The van der Waals surface area contributed by atoms with Crippen molar-refractivity contribution in [3.63, 3.8) is 0 Å². The highest BCUT2D eigenvalue weighted by molar-refractivity contribution is 5.85. The van der Waals surface area contributed by atoms with Crippen LogP contribution in [0.5, 0.6) is 0 Å². The maximum atomic E-state index is 11.7. The lowest BCUT2D eigenvalue weighted by atomic mass is 9.96. The molecule has 0 saturated heterocycles. The lowest BCUT2D eigenvalue weighted by Gasteiger charge is -2.22. The van der Waals surface area contributed by atoms with Crippen LogP contribution in [-0.4, -0.2) is 31.1 Å². The molecule has 0 radical (unpaired) electrons. The molecule has 5 N–H and O–H groups in total. The SMILES string of the molecule is Cl.Nc1ccc(CCNC(=O)CNC(=O)NC2CCCCC2)cc1. The molecule has 1 aromatic carbocycles. The molecule has 0 heterocycles. The molecular weight excluding hydrogens is 328 g/mol. The molecule has 1 fully saturated rings. The lowest BCUT2D eigenvalue weighted by molar-refractivity contribution is -0.120. The van der Waals surface area contributed by atoms with Crippen LogP contribution in [0.25, 0.3) is 0 Å².